The monoisotopic (exact) mass is 244 g/mol. The van der Waals surface area contributed by atoms with E-state index in [9.17, 15) is 0 Å². The predicted octanol–water partition coefficient (Wildman–Crippen LogP) is 3.02. The van der Waals surface area contributed by atoms with Gasteiger partial charge in [0, 0.05) is 23.5 Å². The molecule has 0 spiro atoms. The minimum absolute atomic E-state index is 0.929. The molecule has 1 aromatic heterocycles. The second kappa shape index (κ2) is 4.59. The van der Waals surface area contributed by atoms with Gasteiger partial charge in [-0.2, -0.15) is 0 Å². The average Bonchev–Trinajstić information content (AvgIpc) is 2.82. The summed E-state index contributed by atoms with van der Waals surface area (Å²) in [6.45, 7) is 4.20. The Labute approximate surface area is 106 Å². The summed E-state index contributed by atoms with van der Waals surface area (Å²) in [5.41, 5.74) is 3.88. The topological polar surface area (TPSA) is 24.9 Å². The Hall–Kier alpha value is -1.19. The first kappa shape index (κ1) is 10.9. The molecule has 0 radical (unpaired) electrons. The van der Waals surface area contributed by atoms with Gasteiger partial charge in [-0.3, -0.25) is 0 Å². The Bertz CT molecular complexity index is 490. The molecule has 0 saturated carbocycles. The zero-order valence-electron chi connectivity index (χ0n) is 9.99. The van der Waals surface area contributed by atoms with E-state index < -0.39 is 0 Å². The molecule has 1 N–H and O–H groups in total. The third-order valence-corrected chi connectivity index (χ3v) is 4.42. The maximum Gasteiger partial charge on any atom is 0.123 e. The molecule has 0 bridgehead atoms. The van der Waals surface area contributed by atoms with Crippen LogP contribution in [-0.4, -0.2) is 11.5 Å². The lowest BCUT2D eigenvalue weighted by atomic mass is 10.1. The first-order chi connectivity index (χ1) is 8.36. The van der Waals surface area contributed by atoms with Crippen molar-refractivity contribution in [2.75, 3.05) is 6.54 Å². The van der Waals surface area contributed by atoms with Crippen LogP contribution in [0, 0.1) is 0 Å². The smallest absolute Gasteiger partial charge is 0.123 e. The van der Waals surface area contributed by atoms with Crippen molar-refractivity contribution in [3.63, 3.8) is 0 Å². The van der Waals surface area contributed by atoms with Crippen molar-refractivity contribution in [2.45, 2.75) is 26.3 Å². The summed E-state index contributed by atoms with van der Waals surface area (Å²) in [5, 5.41) is 4.54. The number of aromatic nitrogens is 1. The molecule has 2 aromatic rings. The minimum Gasteiger partial charge on any atom is -0.311 e. The van der Waals surface area contributed by atoms with Gasteiger partial charge in [-0.05, 0) is 18.4 Å². The number of fused-ring (bicyclic) bond motifs is 1. The van der Waals surface area contributed by atoms with Gasteiger partial charge in [-0.15, -0.1) is 11.3 Å². The van der Waals surface area contributed by atoms with E-state index in [2.05, 4.69) is 36.5 Å². The van der Waals surface area contributed by atoms with Crippen molar-refractivity contribution in [3.8, 4) is 10.6 Å². The lowest BCUT2D eigenvalue weighted by Crippen LogP contribution is -2.22. The van der Waals surface area contributed by atoms with Gasteiger partial charge < -0.3 is 5.32 Å². The first-order valence-corrected chi connectivity index (χ1v) is 6.97. The molecule has 2 heterocycles. The van der Waals surface area contributed by atoms with Gasteiger partial charge >= 0.3 is 0 Å². The van der Waals surface area contributed by atoms with Gasteiger partial charge in [0.15, 0.2) is 0 Å². The number of nitrogens with zero attached hydrogens (tertiary/aromatic N) is 1. The number of aryl methyl sites for hydroxylation is 1. The molecule has 3 heteroatoms. The number of thiazole rings is 1. The summed E-state index contributed by atoms with van der Waals surface area (Å²) in [6, 6.07) is 8.79. The second-order valence-electron chi connectivity index (χ2n) is 4.37. The third kappa shape index (κ3) is 2.13. The van der Waals surface area contributed by atoms with E-state index in [4.69, 9.17) is 4.98 Å². The van der Waals surface area contributed by atoms with Crippen LogP contribution in [0.5, 0.6) is 0 Å². The van der Waals surface area contributed by atoms with Gasteiger partial charge in [0.25, 0.3) is 0 Å². The normalized spacial score (nSPS) is 14.6. The van der Waals surface area contributed by atoms with Crippen LogP contribution < -0.4 is 5.32 Å². The largest absolute Gasteiger partial charge is 0.311 e. The Kier molecular flexibility index (Phi) is 2.95. The van der Waals surface area contributed by atoms with Crippen molar-refractivity contribution in [2.24, 2.45) is 0 Å². The van der Waals surface area contributed by atoms with Gasteiger partial charge in [0.05, 0.1) is 5.69 Å². The molecule has 0 amide bonds. The van der Waals surface area contributed by atoms with Crippen molar-refractivity contribution in [1.29, 1.82) is 0 Å². The van der Waals surface area contributed by atoms with E-state index in [1.807, 2.05) is 11.3 Å². The highest BCUT2D eigenvalue weighted by Gasteiger charge is 2.15. The van der Waals surface area contributed by atoms with E-state index in [0.717, 1.165) is 25.9 Å². The van der Waals surface area contributed by atoms with Gasteiger partial charge in [0.1, 0.15) is 5.01 Å². The lowest BCUT2D eigenvalue weighted by Gasteiger charge is -2.09. The molecule has 88 valence electrons. The molecule has 0 aliphatic carbocycles. The fraction of sp³-hybridized carbons (Fsp3) is 0.357. The lowest BCUT2D eigenvalue weighted by molar-refractivity contribution is 0.639. The average molecular weight is 244 g/mol. The van der Waals surface area contributed by atoms with Gasteiger partial charge in [-0.25, -0.2) is 4.98 Å². The molecule has 0 saturated heterocycles. The molecule has 1 aliphatic rings. The highest BCUT2D eigenvalue weighted by Crippen LogP contribution is 2.29. The maximum absolute atomic E-state index is 4.73. The summed E-state index contributed by atoms with van der Waals surface area (Å²) in [7, 11) is 0. The summed E-state index contributed by atoms with van der Waals surface area (Å²) in [5.74, 6) is 0. The summed E-state index contributed by atoms with van der Waals surface area (Å²) in [4.78, 5) is 6.19. The molecule has 1 aromatic carbocycles. The standard InChI is InChI=1S/C14H16N2S/c1-2-10-3-5-11(6-4-10)14-16-12-9-15-8-7-13(12)17-14/h3-6,15H,2,7-9H2,1H3. The number of hydrogen-bond acceptors (Lipinski definition) is 3. The number of hydrogen-bond donors (Lipinski definition) is 1. The van der Waals surface area contributed by atoms with E-state index in [0.29, 0.717) is 0 Å². The Morgan fingerprint density at radius 1 is 1.29 bits per heavy atom. The van der Waals surface area contributed by atoms with Crippen molar-refractivity contribution < 1.29 is 0 Å². The molecule has 3 rings (SSSR count). The number of rotatable bonds is 2. The Balaban J connectivity index is 1.94. The van der Waals surface area contributed by atoms with E-state index in [-0.39, 0.29) is 0 Å². The van der Waals surface area contributed by atoms with Crippen molar-refractivity contribution in [3.05, 3.63) is 40.4 Å². The fourth-order valence-electron chi connectivity index (χ4n) is 2.13. The van der Waals surface area contributed by atoms with Crippen LogP contribution in [0.3, 0.4) is 0 Å². The Morgan fingerprint density at radius 2 is 2.12 bits per heavy atom. The number of nitrogens with one attached hydrogen (secondary N) is 1. The van der Waals surface area contributed by atoms with Crippen LogP contribution in [-0.2, 0) is 19.4 Å². The third-order valence-electron chi connectivity index (χ3n) is 3.21. The van der Waals surface area contributed by atoms with Crippen LogP contribution in [0.2, 0.25) is 0 Å². The van der Waals surface area contributed by atoms with Crippen LogP contribution in [0.15, 0.2) is 24.3 Å². The summed E-state index contributed by atoms with van der Waals surface area (Å²) >= 11 is 1.85. The van der Waals surface area contributed by atoms with Crippen LogP contribution in [0.25, 0.3) is 10.6 Å². The quantitative estimate of drug-likeness (QED) is 0.878. The van der Waals surface area contributed by atoms with Gasteiger partial charge in [-0.1, -0.05) is 31.2 Å². The van der Waals surface area contributed by atoms with E-state index >= 15 is 0 Å². The summed E-state index contributed by atoms with van der Waals surface area (Å²) < 4.78 is 0. The maximum atomic E-state index is 4.73. The molecular formula is C14H16N2S. The molecule has 0 atom stereocenters. The van der Waals surface area contributed by atoms with E-state index in [1.165, 1.54) is 26.7 Å². The first-order valence-electron chi connectivity index (χ1n) is 6.15. The Morgan fingerprint density at radius 3 is 2.82 bits per heavy atom. The van der Waals surface area contributed by atoms with Gasteiger partial charge in [0.2, 0.25) is 0 Å². The minimum atomic E-state index is 0.929. The predicted molar refractivity (Wildman–Crippen MR) is 72.3 cm³/mol. The van der Waals surface area contributed by atoms with E-state index in [1.54, 1.807) is 0 Å². The van der Waals surface area contributed by atoms with Crippen LogP contribution in [0.1, 0.15) is 23.1 Å². The number of benzene rings is 1. The van der Waals surface area contributed by atoms with Crippen molar-refractivity contribution >= 4 is 11.3 Å². The SMILES string of the molecule is CCc1ccc(-c2nc3c(s2)CCNC3)cc1. The van der Waals surface area contributed by atoms with Crippen molar-refractivity contribution in [1.82, 2.24) is 10.3 Å². The molecule has 0 unspecified atom stereocenters. The molecule has 17 heavy (non-hydrogen) atoms. The summed E-state index contributed by atoms with van der Waals surface area (Å²) in [6.07, 6.45) is 2.22. The van der Waals surface area contributed by atoms with Crippen LogP contribution in [0.4, 0.5) is 0 Å². The zero-order chi connectivity index (χ0) is 11.7. The molecule has 0 fully saturated rings. The second-order valence-corrected chi connectivity index (χ2v) is 5.45. The molecule has 2 nitrogen and oxygen atoms in total. The fourth-order valence-corrected chi connectivity index (χ4v) is 3.21. The highest BCUT2D eigenvalue weighted by atomic mass is 32.1. The zero-order valence-corrected chi connectivity index (χ0v) is 10.8. The van der Waals surface area contributed by atoms with Crippen LogP contribution >= 0.6 is 11.3 Å². The highest BCUT2D eigenvalue weighted by molar-refractivity contribution is 7.15. The molecular weight excluding hydrogens is 228 g/mol. The molecule has 1 aliphatic heterocycles.